The molecule has 0 aliphatic carbocycles. The molecule has 0 atom stereocenters. The van der Waals surface area contributed by atoms with Crippen molar-refractivity contribution < 1.29 is 9.90 Å². The number of halogens is 2. The second-order valence-electron chi connectivity index (χ2n) is 5.00. The van der Waals surface area contributed by atoms with Gasteiger partial charge in [-0.05, 0) is 42.8 Å². The first-order valence-corrected chi connectivity index (χ1v) is 7.31. The van der Waals surface area contributed by atoms with Gasteiger partial charge in [0.2, 0.25) is 0 Å². The van der Waals surface area contributed by atoms with E-state index in [9.17, 15) is 9.90 Å². The van der Waals surface area contributed by atoms with E-state index in [1.54, 1.807) is 24.3 Å². The van der Waals surface area contributed by atoms with Gasteiger partial charge in [-0.25, -0.2) is 9.78 Å². The number of carboxylic acid groups (broad SMARTS) is 1. The largest absolute Gasteiger partial charge is 0.478 e. The van der Waals surface area contributed by atoms with E-state index in [1.807, 2.05) is 19.1 Å². The minimum absolute atomic E-state index is 0.200. The van der Waals surface area contributed by atoms with E-state index in [4.69, 9.17) is 23.2 Å². The van der Waals surface area contributed by atoms with Gasteiger partial charge in [-0.3, -0.25) is 0 Å². The molecule has 0 spiro atoms. The molecule has 0 unspecified atom stereocenters. The number of hydrogen-bond donors (Lipinski definition) is 1. The topological polar surface area (TPSA) is 50.2 Å². The number of fused-ring (bicyclic) bond motifs is 1. The average molecular weight is 332 g/mol. The first-order valence-electron chi connectivity index (χ1n) is 6.56. The summed E-state index contributed by atoms with van der Waals surface area (Å²) in [6.07, 6.45) is 0. The van der Waals surface area contributed by atoms with Crippen LogP contribution in [0.4, 0.5) is 0 Å². The minimum atomic E-state index is -0.998. The number of carbonyl (C=O) groups is 1. The Bertz CT molecular complexity index is 907. The highest BCUT2D eigenvalue weighted by Crippen LogP contribution is 2.32. The number of carboxylic acids is 1. The van der Waals surface area contributed by atoms with Crippen LogP contribution < -0.4 is 0 Å². The molecular weight excluding hydrogens is 321 g/mol. The number of rotatable bonds is 2. The number of nitrogens with zero attached hydrogens (tertiary/aromatic N) is 1. The summed E-state index contributed by atoms with van der Waals surface area (Å²) in [5.74, 6) is -0.998. The van der Waals surface area contributed by atoms with Crippen molar-refractivity contribution in [3.05, 3.63) is 63.6 Å². The molecule has 2 aromatic carbocycles. The Labute approximate surface area is 137 Å². The molecule has 0 aliphatic heterocycles. The molecule has 1 aromatic heterocycles. The molecule has 0 fully saturated rings. The predicted octanol–water partition coefficient (Wildman–Crippen LogP) is 5.22. The fourth-order valence-corrected chi connectivity index (χ4v) is 2.86. The number of aryl methyl sites for hydroxylation is 1. The van der Waals surface area contributed by atoms with Gasteiger partial charge < -0.3 is 5.11 Å². The maximum Gasteiger partial charge on any atom is 0.336 e. The Kier molecular flexibility index (Phi) is 3.77. The van der Waals surface area contributed by atoms with Crippen LogP contribution >= 0.6 is 23.2 Å². The summed E-state index contributed by atoms with van der Waals surface area (Å²) >= 11 is 12.1. The maximum absolute atomic E-state index is 11.5. The summed E-state index contributed by atoms with van der Waals surface area (Å²) in [5.41, 5.74) is 3.00. The van der Waals surface area contributed by atoms with Crippen molar-refractivity contribution in [1.82, 2.24) is 4.98 Å². The van der Waals surface area contributed by atoms with Crippen LogP contribution in [-0.2, 0) is 0 Å². The monoisotopic (exact) mass is 331 g/mol. The fraction of sp³-hybridized carbons (Fsp3) is 0.0588. The lowest BCUT2D eigenvalue weighted by molar-refractivity contribution is 0.0699. The lowest BCUT2D eigenvalue weighted by Gasteiger charge is -2.09. The van der Waals surface area contributed by atoms with Gasteiger partial charge in [-0.2, -0.15) is 0 Å². The number of aromatic carboxylic acids is 1. The van der Waals surface area contributed by atoms with E-state index < -0.39 is 5.97 Å². The van der Waals surface area contributed by atoms with E-state index in [0.717, 1.165) is 5.56 Å². The Hall–Kier alpha value is -2.10. The van der Waals surface area contributed by atoms with Crippen molar-refractivity contribution in [2.75, 3.05) is 0 Å². The van der Waals surface area contributed by atoms with Crippen molar-refractivity contribution in [2.24, 2.45) is 0 Å². The zero-order valence-electron chi connectivity index (χ0n) is 11.6. The van der Waals surface area contributed by atoms with Gasteiger partial charge >= 0.3 is 5.97 Å². The van der Waals surface area contributed by atoms with Gasteiger partial charge in [0, 0.05) is 16.0 Å². The zero-order valence-corrected chi connectivity index (χ0v) is 13.1. The third-order valence-electron chi connectivity index (χ3n) is 3.40. The molecule has 3 nitrogen and oxygen atoms in total. The molecule has 110 valence electrons. The Balaban J connectivity index is 2.32. The Morgan fingerprint density at radius 2 is 1.86 bits per heavy atom. The van der Waals surface area contributed by atoms with Gasteiger partial charge in [-0.1, -0.05) is 35.3 Å². The molecule has 0 aliphatic rings. The highest BCUT2D eigenvalue weighted by Gasteiger charge is 2.14. The third kappa shape index (κ3) is 2.65. The molecule has 0 saturated heterocycles. The molecule has 5 heteroatoms. The highest BCUT2D eigenvalue weighted by molar-refractivity contribution is 6.36. The second-order valence-corrected chi connectivity index (χ2v) is 5.85. The van der Waals surface area contributed by atoms with Crippen LogP contribution in [0.1, 0.15) is 15.9 Å². The molecule has 0 radical (unpaired) electrons. The smallest absolute Gasteiger partial charge is 0.336 e. The van der Waals surface area contributed by atoms with E-state index in [-0.39, 0.29) is 5.56 Å². The first kappa shape index (κ1) is 14.8. The van der Waals surface area contributed by atoms with Gasteiger partial charge in [0.15, 0.2) is 0 Å². The van der Waals surface area contributed by atoms with E-state index in [2.05, 4.69) is 4.98 Å². The van der Waals surface area contributed by atoms with Crippen LogP contribution in [0.5, 0.6) is 0 Å². The lowest BCUT2D eigenvalue weighted by atomic mass is 10.0. The summed E-state index contributed by atoms with van der Waals surface area (Å²) in [6.45, 7) is 1.93. The SMILES string of the molecule is Cc1ccc2c(C(=O)O)cc(-c3ccc(Cl)cc3Cl)nc2c1. The summed E-state index contributed by atoms with van der Waals surface area (Å²) in [5, 5.41) is 11.0. The van der Waals surface area contributed by atoms with Crippen molar-refractivity contribution in [1.29, 1.82) is 0 Å². The van der Waals surface area contributed by atoms with Crippen molar-refractivity contribution >= 4 is 40.1 Å². The molecule has 22 heavy (non-hydrogen) atoms. The number of aromatic nitrogens is 1. The molecule has 0 bridgehead atoms. The third-order valence-corrected chi connectivity index (χ3v) is 3.95. The predicted molar refractivity (Wildman–Crippen MR) is 88.9 cm³/mol. The molecule has 1 N–H and O–H groups in total. The van der Waals surface area contributed by atoms with Crippen LogP contribution in [0.25, 0.3) is 22.2 Å². The van der Waals surface area contributed by atoms with E-state index in [1.165, 1.54) is 6.07 Å². The molecule has 3 rings (SSSR count). The highest BCUT2D eigenvalue weighted by atomic mass is 35.5. The van der Waals surface area contributed by atoms with Crippen LogP contribution in [-0.4, -0.2) is 16.1 Å². The average Bonchev–Trinajstić information content (AvgIpc) is 2.45. The van der Waals surface area contributed by atoms with Crippen LogP contribution in [0.15, 0.2) is 42.5 Å². The van der Waals surface area contributed by atoms with Crippen molar-refractivity contribution in [2.45, 2.75) is 6.92 Å². The molecule has 1 heterocycles. The fourth-order valence-electron chi connectivity index (χ4n) is 2.35. The van der Waals surface area contributed by atoms with Gasteiger partial charge in [0.05, 0.1) is 21.8 Å². The normalized spacial score (nSPS) is 10.9. The molecular formula is C17H11Cl2NO2. The van der Waals surface area contributed by atoms with Gasteiger partial charge in [-0.15, -0.1) is 0 Å². The molecule has 0 amide bonds. The van der Waals surface area contributed by atoms with Crippen LogP contribution in [0, 0.1) is 6.92 Å². The summed E-state index contributed by atoms with van der Waals surface area (Å²) in [7, 11) is 0. The van der Waals surface area contributed by atoms with Crippen molar-refractivity contribution in [3.63, 3.8) is 0 Å². The van der Waals surface area contributed by atoms with E-state index >= 15 is 0 Å². The first-order chi connectivity index (χ1) is 10.5. The van der Waals surface area contributed by atoms with Crippen LogP contribution in [0.3, 0.4) is 0 Å². The summed E-state index contributed by atoms with van der Waals surface area (Å²) in [6, 6.07) is 12.1. The number of pyridine rings is 1. The standard InChI is InChI=1S/C17H11Cl2NO2/c1-9-2-4-11-13(17(21)22)8-16(20-15(11)6-9)12-5-3-10(18)7-14(12)19/h2-8H,1H3,(H,21,22). The maximum atomic E-state index is 11.5. The van der Waals surface area contributed by atoms with Crippen LogP contribution in [0.2, 0.25) is 10.0 Å². The summed E-state index contributed by atoms with van der Waals surface area (Å²) in [4.78, 5) is 16.1. The molecule has 3 aromatic rings. The minimum Gasteiger partial charge on any atom is -0.478 e. The van der Waals surface area contributed by atoms with Gasteiger partial charge in [0.1, 0.15) is 0 Å². The quantitative estimate of drug-likeness (QED) is 0.700. The Morgan fingerprint density at radius 3 is 2.55 bits per heavy atom. The number of benzene rings is 2. The lowest BCUT2D eigenvalue weighted by Crippen LogP contribution is -2.00. The zero-order chi connectivity index (χ0) is 15.9. The number of hydrogen-bond acceptors (Lipinski definition) is 2. The second kappa shape index (κ2) is 5.59. The summed E-state index contributed by atoms with van der Waals surface area (Å²) < 4.78 is 0. The molecule has 0 saturated carbocycles. The Morgan fingerprint density at radius 1 is 1.09 bits per heavy atom. The van der Waals surface area contributed by atoms with E-state index in [0.29, 0.717) is 32.2 Å². The van der Waals surface area contributed by atoms with Crippen molar-refractivity contribution in [3.8, 4) is 11.3 Å². The van der Waals surface area contributed by atoms with Gasteiger partial charge in [0.25, 0.3) is 0 Å².